The van der Waals surface area contributed by atoms with Gasteiger partial charge in [-0.3, -0.25) is 14.4 Å². The zero-order valence-electron chi connectivity index (χ0n) is 24.0. The lowest BCUT2D eigenvalue weighted by Crippen LogP contribution is -2.53. The van der Waals surface area contributed by atoms with Gasteiger partial charge in [-0.15, -0.1) is 0 Å². The Labute approximate surface area is 240 Å². The first-order valence-corrected chi connectivity index (χ1v) is 13.9. The van der Waals surface area contributed by atoms with Gasteiger partial charge in [0.1, 0.15) is 17.7 Å². The molecule has 41 heavy (non-hydrogen) atoms. The fourth-order valence-corrected chi connectivity index (χ4v) is 4.71. The summed E-state index contributed by atoms with van der Waals surface area (Å²) in [7, 11) is 0. The fraction of sp³-hybridized carbons (Fsp3) is 0.375. The van der Waals surface area contributed by atoms with Crippen molar-refractivity contribution in [1.82, 2.24) is 10.2 Å². The third-order valence-corrected chi connectivity index (χ3v) is 6.80. The van der Waals surface area contributed by atoms with Crippen LogP contribution in [0.2, 0.25) is 0 Å². The number of alkyl carbamates (subject to hydrolysis) is 1. The summed E-state index contributed by atoms with van der Waals surface area (Å²) < 4.78 is 5.38. The summed E-state index contributed by atoms with van der Waals surface area (Å²) in [5, 5.41) is 7.65. The molecule has 1 saturated carbocycles. The number of benzene rings is 3. The number of amides is 4. The van der Waals surface area contributed by atoms with Gasteiger partial charge in [0.15, 0.2) is 0 Å². The van der Waals surface area contributed by atoms with Crippen LogP contribution in [0, 0.1) is 6.92 Å². The van der Waals surface area contributed by atoms with Gasteiger partial charge in [-0.05, 0) is 75.4 Å². The van der Waals surface area contributed by atoms with E-state index in [1.54, 1.807) is 25.7 Å². The average Bonchev–Trinajstić information content (AvgIpc) is 3.74. The molecule has 0 spiro atoms. The summed E-state index contributed by atoms with van der Waals surface area (Å²) in [6, 6.07) is 18.7. The molecule has 9 nitrogen and oxygen atoms in total. The number of carbonyl (C=O) groups excluding carboxylic acids is 4. The van der Waals surface area contributed by atoms with Crippen molar-refractivity contribution in [3.05, 3.63) is 77.9 Å². The van der Waals surface area contributed by atoms with Gasteiger partial charge in [0.2, 0.25) is 11.8 Å². The van der Waals surface area contributed by atoms with Crippen LogP contribution in [0.1, 0.15) is 63.6 Å². The number of hydrogen-bond donors (Lipinski definition) is 3. The molecule has 1 aliphatic carbocycles. The molecule has 0 saturated heterocycles. The Balaban J connectivity index is 1.68. The average molecular weight is 559 g/mol. The highest BCUT2D eigenvalue weighted by atomic mass is 16.6. The van der Waals surface area contributed by atoms with E-state index in [9.17, 15) is 19.2 Å². The summed E-state index contributed by atoms with van der Waals surface area (Å²) in [5.41, 5.74) is 6.85. The van der Waals surface area contributed by atoms with Crippen LogP contribution in [-0.2, 0) is 19.1 Å². The number of ether oxygens (including phenoxy) is 1. The zero-order valence-corrected chi connectivity index (χ0v) is 24.0. The predicted molar refractivity (Wildman–Crippen MR) is 158 cm³/mol. The van der Waals surface area contributed by atoms with Crippen LogP contribution < -0.4 is 16.4 Å². The van der Waals surface area contributed by atoms with Gasteiger partial charge < -0.3 is 26.0 Å². The van der Waals surface area contributed by atoms with Crippen molar-refractivity contribution in [3.8, 4) is 0 Å². The molecule has 0 aromatic heterocycles. The molecular formula is C32H38N4O5. The molecule has 2 atom stereocenters. The second kappa shape index (κ2) is 12.4. The monoisotopic (exact) mass is 558 g/mol. The molecule has 216 valence electrons. The molecule has 0 radical (unpaired) electrons. The number of nitrogens with zero attached hydrogens (tertiary/aromatic N) is 1. The molecule has 0 heterocycles. The number of hydrogen-bond acceptors (Lipinski definition) is 5. The number of carbonyl (C=O) groups is 4. The van der Waals surface area contributed by atoms with Crippen molar-refractivity contribution in [2.75, 3.05) is 5.32 Å². The number of nitrogens with two attached hydrogens (primary N) is 1. The van der Waals surface area contributed by atoms with Crippen LogP contribution in [-0.4, -0.2) is 46.4 Å². The molecule has 0 bridgehead atoms. The van der Waals surface area contributed by atoms with Gasteiger partial charge in [-0.2, -0.15) is 0 Å². The molecule has 4 N–H and O–H groups in total. The smallest absolute Gasteiger partial charge is 0.408 e. The van der Waals surface area contributed by atoms with E-state index in [1.165, 1.54) is 0 Å². The maximum atomic E-state index is 14.2. The first-order chi connectivity index (χ1) is 19.4. The highest BCUT2D eigenvalue weighted by Crippen LogP contribution is 2.36. The molecule has 4 rings (SSSR count). The van der Waals surface area contributed by atoms with Crippen LogP contribution in [0.25, 0.3) is 10.8 Å². The van der Waals surface area contributed by atoms with Gasteiger partial charge in [-0.1, -0.05) is 60.2 Å². The lowest BCUT2D eigenvalue weighted by molar-refractivity contribution is -0.141. The minimum Gasteiger partial charge on any atom is -0.444 e. The first-order valence-electron chi connectivity index (χ1n) is 13.9. The lowest BCUT2D eigenvalue weighted by atomic mass is 10.00. The first kappa shape index (κ1) is 29.6. The fourth-order valence-electron chi connectivity index (χ4n) is 4.71. The van der Waals surface area contributed by atoms with Gasteiger partial charge >= 0.3 is 6.09 Å². The van der Waals surface area contributed by atoms with Crippen molar-refractivity contribution in [2.45, 2.75) is 77.1 Å². The molecule has 3 aromatic carbocycles. The van der Waals surface area contributed by atoms with Gasteiger partial charge in [-0.25, -0.2) is 4.79 Å². The Bertz CT molecular complexity index is 1430. The minimum absolute atomic E-state index is 0.0243. The van der Waals surface area contributed by atoms with Gasteiger partial charge in [0, 0.05) is 18.2 Å². The summed E-state index contributed by atoms with van der Waals surface area (Å²) >= 11 is 0. The van der Waals surface area contributed by atoms with Crippen molar-refractivity contribution in [2.24, 2.45) is 5.73 Å². The number of primary amides is 1. The van der Waals surface area contributed by atoms with E-state index in [4.69, 9.17) is 10.5 Å². The summed E-state index contributed by atoms with van der Waals surface area (Å²) in [6.45, 7) is 7.10. The number of rotatable bonds is 10. The Morgan fingerprint density at radius 3 is 2.24 bits per heavy atom. The van der Waals surface area contributed by atoms with E-state index in [-0.39, 0.29) is 24.8 Å². The molecule has 1 fully saturated rings. The Hall–Kier alpha value is -4.40. The predicted octanol–water partition coefficient (Wildman–Crippen LogP) is 4.98. The summed E-state index contributed by atoms with van der Waals surface area (Å²) in [6.07, 6.45) is 0.495. The van der Waals surface area contributed by atoms with E-state index in [0.29, 0.717) is 24.1 Å². The Morgan fingerprint density at radius 1 is 0.976 bits per heavy atom. The van der Waals surface area contributed by atoms with Crippen LogP contribution in [0.4, 0.5) is 10.5 Å². The van der Waals surface area contributed by atoms with Crippen molar-refractivity contribution < 1.29 is 23.9 Å². The van der Waals surface area contributed by atoms with Gasteiger partial charge in [0.05, 0.1) is 0 Å². The number of fused-ring (bicyclic) bond motifs is 1. The van der Waals surface area contributed by atoms with Crippen molar-refractivity contribution in [1.29, 1.82) is 0 Å². The SMILES string of the molecule is Cc1ccc(C(C(=O)Nc2ccc3ccccc3c2)N(C(=O)C(CCC(N)=O)NC(=O)OC(C)(C)C)C2CC2)cc1. The Morgan fingerprint density at radius 2 is 1.63 bits per heavy atom. The highest BCUT2D eigenvalue weighted by molar-refractivity contribution is 6.00. The second-order valence-electron chi connectivity index (χ2n) is 11.5. The molecule has 4 amide bonds. The second-order valence-corrected chi connectivity index (χ2v) is 11.5. The molecule has 2 unspecified atom stereocenters. The minimum atomic E-state index is -1.11. The standard InChI is InChI=1S/C32H38N4O5/c1-20-9-11-22(12-10-20)28(29(38)34-24-14-13-21-7-5-6-8-23(21)19-24)36(25-15-16-25)30(39)26(17-18-27(33)37)35-31(40)41-32(2,3)4/h5-14,19,25-26,28H,15-18H2,1-4H3,(H2,33,37)(H,34,38)(H,35,40). The van der Waals surface area contributed by atoms with Crippen molar-refractivity contribution >= 4 is 40.3 Å². The van der Waals surface area contributed by atoms with Crippen molar-refractivity contribution in [3.63, 3.8) is 0 Å². The number of nitrogens with one attached hydrogen (secondary N) is 2. The molecule has 3 aromatic rings. The lowest BCUT2D eigenvalue weighted by Gasteiger charge is -2.34. The van der Waals surface area contributed by atoms with Gasteiger partial charge in [0.25, 0.3) is 5.91 Å². The molecule has 0 aliphatic heterocycles. The summed E-state index contributed by atoms with van der Waals surface area (Å²) in [5.74, 6) is -1.45. The highest BCUT2D eigenvalue weighted by Gasteiger charge is 2.44. The maximum Gasteiger partial charge on any atom is 0.408 e. The quantitative estimate of drug-likeness (QED) is 0.323. The van der Waals surface area contributed by atoms with Crippen LogP contribution in [0.15, 0.2) is 66.7 Å². The van der Waals surface area contributed by atoms with E-state index >= 15 is 0 Å². The molecular weight excluding hydrogens is 520 g/mol. The third kappa shape index (κ3) is 8.06. The zero-order chi connectivity index (χ0) is 29.7. The summed E-state index contributed by atoms with van der Waals surface area (Å²) in [4.78, 5) is 54.1. The van der Waals surface area contributed by atoms with E-state index in [1.807, 2.05) is 73.7 Å². The van der Waals surface area contributed by atoms with Crippen LogP contribution >= 0.6 is 0 Å². The molecule has 1 aliphatic rings. The normalized spacial score (nSPS) is 14.5. The van der Waals surface area contributed by atoms with E-state index in [2.05, 4.69) is 10.6 Å². The number of aryl methyl sites for hydroxylation is 1. The van der Waals surface area contributed by atoms with E-state index in [0.717, 1.165) is 16.3 Å². The maximum absolute atomic E-state index is 14.2. The van der Waals surface area contributed by atoms with Crippen LogP contribution in [0.3, 0.4) is 0 Å². The Kier molecular flexibility index (Phi) is 8.95. The number of anilines is 1. The largest absolute Gasteiger partial charge is 0.444 e. The van der Waals surface area contributed by atoms with Crippen LogP contribution in [0.5, 0.6) is 0 Å². The molecule has 9 heteroatoms. The third-order valence-electron chi connectivity index (χ3n) is 6.80. The van der Waals surface area contributed by atoms with E-state index < -0.39 is 35.6 Å². The topological polar surface area (TPSA) is 131 Å².